The Hall–Kier alpha value is -2.41. The highest BCUT2D eigenvalue weighted by Crippen LogP contribution is 2.20. The first-order chi connectivity index (χ1) is 13.8. The van der Waals surface area contributed by atoms with Crippen LogP contribution in [0.25, 0.3) is 0 Å². The van der Waals surface area contributed by atoms with Crippen LogP contribution in [-0.2, 0) is 9.59 Å². The van der Waals surface area contributed by atoms with E-state index in [1.54, 1.807) is 24.3 Å². The van der Waals surface area contributed by atoms with Gasteiger partial charge in [0.25, 0.3) is 5.91 Å². The number of carbonyl (C=O) groups is 3. The molecule has 1 aliphatic rings. The highest BCUT2D eigenvalue weighted by molar-refractivity contribution is 5.94. The van der Waals surface area contributed by atoms with Crippen LogP contribution in [0.5, 0.6) is 0 Å². The predicted octanol–water partition coefficient (Wildman–Crippen LogP) is 3.01. The minimum Gasteiger partial charge on any atom is -0.481 e. The zero-order valence-electron chi connectivity index (χ0n) is 17.2. The molecule has 7 heteroatoms. The molecule has 1 amide bonds. The highest BCUT2D eigenvalue weighted by Gasteiger charge is 2.25. The number of aliphatic carboxylic acids is 2. The molecule has 0 bridgehead atoms. The van der Waals surface area contributed by atoms with E-state index in [1.165, 1.54) is 6.42 Å². The van der Waals surface area contributed by atoms with Crippen molar-refractivity contribution in [2.24, 2.45) is 5.92 Å². The molecule has 0 saturated heterocycles. The van der Waals surface area contributed by atoms with E-state index in [2.05, 4.69) is 10.6 Å². The summed E-state index contributed by atoms with van der Waals surface area (Å²) in [6, 6.07) is 5.94. The van der Waals surface area contributed by atoms with Gasteiger partial charge in [0, 0.05) is 18.2 Å². The van der Waals surface area contributed by atoms with Crippen LogP contribution >= 0.6 is 0 Å². The van der Waals surface area contributed by atoms with Crippen molar-refractivity contribution < 1.29 is 24.6 Å². The predicted molar refractivity (Wildman–Crippen MR) is 110 cm³/mol. The van der Waals surface area contributed by atoms with Crippen LogP contribution in [0.2, 0.25) is 0 Å². The number of hydrogen-bond acceptors (Lipinski definition) is 4. The molecule has 2 rings (SSSR count). The van der Waals surface area contributed by atoms with Crippen molar-refractivity contribution in [2.75, 3.05) is 6.54 Å². The summed E-state index contributed by atoms with van der Waals surface area (Å²) in [5.74, 6) is -2.88. The molecular weight excluding hydrogens is 372 g/mol. The Balaban J connectivity index is 2.00. The van der Waals surface area contributed by atoms with Gasteiger partial charge in [-0.2, -0.15) is 0 Å². The van der Waals surface area contributed by atoms with Gasteiger partial charge in [-0.1, -0.05) is 45.2 Å². The van der Waals surface area contributed by atoms with Crippen molar-refractivity contribution in [1.82, 2.24) is 10.6 Å². The summed E-state index contributed by atoms with van der Waals surface area (Å²) >= 11 is 0. The van der Waals surface area contributed by atoms with Crippen molar-refractivity contribution in [3.63, 3.8) is 0 Å². The molecule has 7 nitrogen and oxygen atoms in total. The molecular formula is C22H32N2O5. The van der Waals surface area contributed by atoms with Gasteiger partial charge in [0.1, 0.15) is 6.04 Å². The van der Waals surface area contributed by atoms with Crippen LogP contribution in [0.3, 0.4) is 0 Å². The molecule has 29 heavy (non-hydrogen) atoms. The van der Waals surface area contributed by atoms with E-state index in [-0.39, 0.29) is 24.4 Å². The monoisotopic (exact) mass is 404 g/mol. The maximum Gasteiger partial charge on any atom is 0.320 e. The topological polar surface area (TPSA) is 116 Å². The Morgan fingerprint density at radius 1 is 1.00 bits per heavy atom. The Kier molecular flexibility index (Phi) is 8.64. The Labute approximate surface area is 171 Å². The van der Waals surface area contributed by atoms with E-state index in [0.29, 0.717) is 17.5 Å². The molecule has 2 unspecified atom stereocenters. The third-order valence-electron chi connectivity index (χ3n) is 5.39. The summed E-state index contributed by atoms with van der Waals surface area (Å²) < 4.78 is 0. The molecule has 2 atom stereocenters. The number of benzene rings is 1. The fourth-order valence-electron chi connectivity index (χ4n) is 3.73. The Bertz CT molecular complexity index is 696. The lowest BCUT2D eigenvalue weighted by Crippen LogP contribution is -2.41. The fraction of sp³-hybridized carbons (Fsp3) is 0.591. The molecule has 0 aromatic heterocycles. The van der Waals surface area contributed by atoms with E-state index in [0.717, 1.165) is 25.7 Å². The van der Waals surface area contributed by atoms with Crippen LogP contribution in [0.1, 0.15) is 74.2 Å². The molecule has 0 spiro atoms. The standard InChI is InChI=1S/C22H32N2O5/c1-14(2)12-19(22(28)29)23-13-18(21(26)27)15-8-10-16(11-9-15)20(25)24-17-6-4-3-5-7-17/h8-11,14,17-19,23H,3-7,12-13H2,1-2H3,(H,24,25)(H,26,27)(H,28,29). The zero-order valence-corrected chi connectivity index (χ0v) is 17.2. The second-order valence-corrected chi connectivity index (χ2v) is 8.25. The minimum absolute atomic E-state index is 0.00658. The van der Waals surface area contributed by atoms with Gasteiger partial charge in [0.2, 0.25) is 0 Å². The van der Waals surface area contributed by atoms with Gasteiger partial charge in [0.05, 0.1) is 5.92 Å². The van der Waals surface area contributed by atoms with Crippen LogP contribution in [0.15, 0.2) is 24.3 Å². The van der Waals surface area contributed by atoms with E-state index in [9.17, 15) is 24.6 Å². The largest absolute Gasteiger partial charge is 0.481 e. The van der Waals surface area contributed by atoms with Crippen molar-refractivity contribution in [3.05, 3.63) is 35.4 Å². The summed E-state index contributed by atoms with van der Waals surface area (Å²) in [5, 5.41) is 24.8. The molecule has 1 aromatic carbocycles. The molecule has 4 N–H and O–H groups in total. The molecule has 0 heterocycles. The van der Waals surface area contributed by atoms with Gasteiger partial charge in [0.15, 0.2) is 0 Å². The maximum atomic E-state index is 12.4. The normalized spacial score (nSPS) is 16.9. The molecule has 0 aliphatic heterocycles. The van der Waals surface area contributed by atoms with Gasteiger partial charge in [-0.15, -0.1) is 0 Å². The number of carboxylic acid groups (broad SMARTS) is 2. The summed E-state index contributed by atoms with van der Waals surface area (Å²) in [5.41, 5.74) is 1.03. The van der Waals surface area contributed by atoms with Crippen LogP contribution in [0.4, 0.5) is 0 Å². The lowest BCUT2D eigenvalue weighted by molar-refractivity contribution is -0.142. The first-order valence-corrected chi connectivity index (χ1v) is 10.4. The smallest absolute Gasteiger partial charge is 0.320 e. The molecule has 1 saturated carbocycles. The van der Waals surface area contributed by atoms with Crippen LogP contribution < -0.4 is 10.6 Å². The van der Waals surface area contributed by atoms with Gasteiger partial charge in [-0.25, -0.2) is 0 Å². The van der Waals surface area contributed by atoms with Gasteiger partial charge in [-0.05, 0) is 42.9 Å². The molecule has 1 aliphatic carbocycles. The summed E-state index contributed by atoms with van der Waals surface area (Å²) in [6.07, 6.45) is 5.89. The zero-order chi connectivity index (χ0) is 21.4. The third-order valence-corrected chi connectivity index (χ3v) is 5.39. The molecule has 160 valence electrons. The average Bonchev–Trinajstić information content (AvgIpc) is 2.67. The Morgan fingerprint density at radius 3 is 2.14 bits per heavy atom. The van der Waals surface area contributed by atoms with Crippen molar-refractivity contribution in [1.29, 1.82) is 0 Å². The molecule has 0 radical (unpaired) electrons. The first kappa shape index (κ1) is 22.9. The summed E-state index contributed by atoms with van der Waals surface area (Å²) in [6.45, 7) is 3.85. The first-order valence-electron chi connectivity index (χ1n) is 10.4. The summed E-state index contributed by atoms with van der Waals surface area (Å²) in [7, 11) is 0. The second-order valence-electron chi connectivity index (χ2n) is 8.25. The second kappa shape index (κ2) is 11.0. The number of nitrogens with one attached hydrogen (secondary N) is 2. The molecule has 1 aromatic rings. The number of rotatable bonds is 10. The van der Waals surface area contributed by atoms with E-state index < -0.39 is 23.9 Å². The quantitative estimate of drug-likeness (QED) is 0.476. The van der Waals surface area contributed by atoms with Crippen LogP contribution in [-0.4, -0.2) is 46.7 Å². The van der Waals surface area contributed by atoms with Gasteiger partial charge < -0.3 is 20.8 Å². The van der Waals surface area contributed by atoms with Crippen molar-refractivity contribution in [2.45, 2.75) is 70.4 Å². The van der Waals surface area contributed by atoms with E-state index in [4.69, 9.17) is 0 Å². The number of hydrogen-bond donors (Lipinski definition) is 4. The van der Waals surface area contributed by atoms with Crippen molar-refractivity contribution >= 4 is 17.8 Å². The maximum absolute atomic E-state index is 12.4. The van der Waals surface area contributed by atoms with E-state index >= 15 is 0 Å². The van der Waals surface area contributed by atoms with Gasteiger partial charge in [-0.3, -0.25) is 14.4 Å². The lowest BCUT2D eigenvalue weighted by atomic mass is 9.94. The van der Waals surface area contributed by atoms with Crippen LogP contribution in [0, 0.1) is 5.92 Å². The highest BCUT2D eigenvalue weighted by atomic mass is 16.4. The van der Waals surface area contributed by atoms with Crippen molar-refractivity contribution in [3.8, 4) is 0 Å². The number of amides is 1. The fourth-order valence-corrected chi connectivity index (χ4v) is 3.73. The minimum atomic E-state index is -1.04. The number of carboxylic acids is 2. The average molecular weight is 405 g/mol. The SMILES string of the molecule is CC(C)CC(NCC(C(=O)O)c1ccc(C(=O)NC2CCCCC2)cc1)C(=O)O. The third kappa shape index (κ3) is 7.16. The lowest BCUT2D eigenvalue weighted by Gasteiger charge is -2.23. The van der Waals surface area contributed by atoms with E-state index in [1.807, 2.05) is 13.8 Å². The Morgan fingerprint density at radius 2 is 1.62 bits per heavy atom. The molecule has 1 fully saturated rings. The number of carbonyl (C=O) groups excluding carboxylic acids is 1. The summed E-state index contributed by atoms with van der Waals surface area (Å²) in [4.78, 5) is 35.5. The van der Waals surface area contributed by atoms with Gasteiger partial charge >= 0.3 is 11.9 Å².